The Balaban J connectivity index is 0.00000312. The molecule has 0 aliphatic carbocycles. The maximum atomic E-state index is 11.4. The molecule has 0 saturated carbocycles. The first kappa shape index (κ1) is 21.2. The van der Waals surface area contributed by atoms with Crippen LogP contribution in [0.4, 0.5) is 0 Å². The van der Waals surface area contributed by atoms with Gasteiger partial charge in [-0.3, -0.25) is 19.8 Å². The van der Waals surface area contributed by atoms with Crippen LogP contribution in [-0.2, 0) is 9.59 Å². The second kappa shape index (κ2) is 10.2. The number of nitrogens with zero attached hydrogens (tertiary/aromatic N) is 1. The summed E-state index contributed by atoms with van der Waals surface area (Å²) >= 11 is 0. The molecule has 6 nitrogen and oxygen atoms in total. The van der Waals surface area contributed by atoms with Crippen LogP contribution in [0.15, 0.2) is 43.0 Å². The highest BCUT2D eigenvalue weighted by atomic mass is 35.5. The molecule has 1 amide bonds. The lowest BCUT2D eigenvalue weighted by Crippen LogP contribution is -2.43. The Kier molecular flexibility index (Phi) is 8.61. The molecule has 1 aromatic carbocycles. The maximum Gasteiger partial charge on any atom is 0.320 e. The quantitative estimate of drug-likeness (QED) is 0.482. The standard InChI is InChI=1S/C18H25N3O3.ClH/c1-3-14-11-16(18(23)24)21(12-14)10-9-19-17(20-13(2)22)15-7-5-4-6-8-15;/h3-8,14,16-17,19H,1,9-12H2,2H3,(H,20,22)(H,23,24);1H/t14-,16-,17?;/m1./s1. The Morgan fingerprint density at radius 2 is 2.08 bits per heavy atom. The van der Waals surface area contributed by atoms with Gasteiger partial charge in [-0.2, -0.15) is 0 Å². The molecule has 0 aromatic heterocycles. The van der Waals surface area contributed by atoms with Gasteiger partial charge in [-0.15, -0.1) is 19.0 Å². The third-order valence-electron chi connectivity index (χ3n) is 4.28. The van der Waals surface area contributed by atoms with Crippen LogP contribution >= 0.6 is 12.4 Å². The Bertz CT molecular complexity index is 582. The fourth-order valence-electron chi connectivity index (χ4n) is 3.07. The van der Waals surface area contributed by atoms with E-state index in [1.54, 1.807) is 0 Å². The molecule has 138 valence electrons. The van der Waals surface area contributed by atoms with Crippen LogP contribution in [-0.4, -0.2) is 47.6 Å². The van der Waals surface area contributed by atoms with Gasteiger partial charge in [0.05, 0.1) is 0 Å². The Labute approximate surface area is 154 Å². The topological polar surface area (TPSA) is 81.7 Å². The van der Waals surface area contributed by atoms with E-state index in [-0.39, 0.29) is 30.4 Å². The highest BCUT2D eigenvalue weighted by molar-refractivity contribution is 5.85. The number of benzene rings is 1. The number of amides is 1. The third-order valence-corrected chi connectivity index (χ3v) is 4.28. The predicted octanol–water partition coefficient (Wildman–Crippen LogP) is 1.79. The van der Waals surface area contributed by atoms with E-state index in [4.69, 9.17) is 0 Å². The van der Waals surface area contributed by atoms with Crippen molar-refractivity contribution in [3.8, 4) is 0 Å². The zero-order valence-electron chi connectivity index (χ0n) is 14.4. The van der Waals surface area contributed by atoms with Crippen molar-refractivity contribution in [1.82, 2.24) is 15.5 Å². The summed E-state index contributed by atoms with van der Waals surface area (Å²) in [7, 11) is 0. The van der Waals surface area contributed by atoms with Crippen LogP contribution in [0.5, 0.6) is 0 Å². The molecule has 0 bridgehead atoms. The molecule has 25 heavy (non-hydrogen) atoms. The number of hydrogen-bond acceptors (Lipinski definition) is 4. The molecule has 2 rings (SSSR count). The van der Waals surface area contributed by atoms with Crippen LogP contribution in [0.25, 0.3) is 0 Å². The van der Waals surface area contributed by atoms with Crippen molar-refractivity contribution in [1.29, 1.82) is 0 Å². The molecular formula is C18H26ClN3O3. The van der Waals surface area contributed by atoms with Gasteiger partial charge in [0.2, 0.25) is 5.91 Å². The Morgan fingerprint density at radius 3 is 2.64 bits per heavy atom. The Morgan fingerprint density at radius 1 is 1.40 bits per heavy atom. The summed E-state index contributed by atoms with van der Waals surface area (Å²) in [4.78, 5) is 24.8. The molecule has 1 aliphatic heterocycles. The zero-order valence-corrected chi connectivity index (χ0v) is 15.2. The summed E-state index contributed by atoms with van der Waals surface area (Å²) in [6, 6.07) is 9.17. The number of likely N-dealkylation sites (tertiary alicyclic amines) is 1. The van der Waals surface area contributed by atoms with Gasteiger partial charge in [0.15, 0.2) is 0 Å². The van der Waals surface area contributed by atoms with E-state index in [0.29, 0.717) is 26.1 Å². The van der Waals surface area contributed by atoms with Gasteiger partial charge in [-0.05, 0) is 17.9 Å². The molecule has 0 radical (unpaired) electrons. The Hall–Kier alpha value is -1.89. The SMILES string of the molecule is C=C[C@@H]1C[C@H](C(=O)O)N(CCNC(NC(C)=O)c2ccccc2)C1.Cl. The molecule has 1 aliphatic rings. The van der Waals surface area contributed by atoms with Crippen LogP contribution < -0.4 is 10.6 Å². The van der Waals surface area contributed by atoms with Crippen molar-refractivity contribution in [3.63, 3.8) is 0 Å². The van der Waals surface area contributed by atoms with Crippen LogP contribution in [0.1, 0.15) is 25.1 Å². The minimum atomic E-state index is -0.791. The van der Waals surface area contributed by atoms with E-state index in [1.165, 1.54) is 6.92 Å². The summed E-state index contributed by atoms with van der Waals surface area (Å²) < 4.78 is 0. The van der Waals surface area contributed by atoms with Gasteiger partial charge in [0.1, 0.15) is 12.2 Å². The van der Waals surface area contributed by atoms with E-state index in [0.717, 1.165) is 5.56 Å². The van der Waals surface area contributed by atoms with Gasteiger partial charge >= 0.3 is 5.97 Å². The van der Waals surface area contributed by atoms with E-state index in [9.17, 15) is 14.7 Å². The smallest absolute Gasteiger partial charge is 0.320 e. The molecular weight excluding hydrogens is 342 g/mol. The van der Waals surface area contributed by atoms with Crippen molar-refractivity contribution in [2.75, 3.05) is 19.6 Å². The summed E-state index contributed by atoms with van der Waals surface area (Å²) in [6.45, 7) is 7.13. The van der Waals surface area contributed by atoms with Gasteiger partial charge in [-0.25, -0.2) is 0 Å². The number of carbonyl (C=O) groups excluding carboxylic acids is 1. The highest BCUT2D eigenvalue weighted by Gasteiger charge is 2.35. The lowest BCUT2D eigenvalue weighted by atomic mass is 10.1. The van der Waals surface area contributed by atoms with Gasteiger partial charge in [-0.1, -0.05) is 36.4 Å². The van der Waals surface area contributed by atoms with E-state index >= 15 is 0 Å². The van der Waals surface area contributed by atoms with Gasteiger partial charge in [0.25, 0.3) is 0 Å². The molecule has 0 spiro atoms. The monoisotopic (exact) mass is 367 g/mol. The number of halogens is 1. The molecule has 1 unspecified atom stereocenters. The number of carboxylic acids is 1. The second-order valence-corrected chi connectivity index (χ2v) is 6.08. The van der Waals surface area contributed by atoms with Gasteiger partial charge < -0.3 is 10.4 Å². The predicted molar refractivity (Wildman–Crippen MR) is 99.6 cm³/mol. The lowest BCUT2D eigenvalue weighted by molar-refractivity contribution is -0.142. The van der Waals surface area contributed by atoms with E-state index in [1.807, 2.05) is 41.3 Å². The first-order valence-electron chi connectivity index (χ1n) is 8.16. The number of carbonyl (C=O) groups is 2. The van der Waals surface area contributed by atoms with Gasteiger partial charge in [0, 0.05) is 26.6 Å². The fourth-order valence-corrected chi connectivity index (χ4v) is 3.07. The number of rotatable bonds is 8. The highest BCUT2D eigenvalue weighted by Crippen LogP contribution is 2.23. The van der Waals surface area contributed by atoms with Crippen LogP contribution in [0, 0.1) is 5.92 Å². The van der Waals surface area contributed by atoms with E-state index < -0.39 is 12.0 Å². The lowest BCUT2D eigenvalue weighted by Gasteiger charge is -2.24. The average Bonchev–Trinajstić information content (AvgIpc) is 2.98. The largest absolute Gasteiger partial charge is 0.480 e. The van der Waals surface area contributed by atoms with Crippen molar-refractivity contribution in [2.45, 2.75) is 25.6 Å². The number of hydrogen-bond donors (Lipinski definition) is 3. The molecule has 1 fully saturated rings. The minimum absolute atomic E-state index is 0. The van der Waals surface area contributed by atoms with Crippen molar-refractivity contribution < 1.29 is 14.7 Å². The zero-order chi connectivity index (χ0) is 17.5. The first-order valence-corrected chi connectivity index (χ1v) is 8.16. The normalized spacial score (nSPS) is 21.2. The van der Waals surface area contributed by atoms with Crippen molar-refractivity contribution >= 4 is 24.3 Å². The number of carboxylic acid groups (broad SMARTS) is 1. The summed E-state index contributed by atoms with van der Waals surface area (Å²) in [5.41, 5.74) is 0.966. The van der Waals surface area contributed by atoms with Crippen molar-refractivity contribution in [3.05, 3.63) is 48.6 Å². The summed E-state index contributed by atoms with van der Waals surface area (Å²) in [6.07, 6.45) is 2.14. The van der Waals surface area contributed by atoms with Crippen LogP contribution in [0.2, 0.25) is 0 Å². The summed E-state index contributed by atoms with van der Waals surface area (Å²) in [5, 5.41) is 15.5. The molecule has 1 saturated heterocycles. The average molecular weight is 368 g/mol. The fraction of sp³-hybridized carbons (Fsp3) is 0.444. The minimum Gasteiger partial charge on any atom is -0.480 e. The third kappa shape index (κ3) is 6.16. The molecule has 1 heterocycles. The molecule has 1 aromatic rings. The molecule has 7 heteroatoms. The number of aliphatic carboxylic acids is 1. The number of nitrogens with one attached hydrogen (secondary N) is 2. The van der Waals surface area contributed by atoms with Crippen LogP contribution in [0.3, 0.4) is 0 Å². The maximum absolute atomic E-state index is 11.4. The van der Waals surface area contributed by atoms with E-state index in [2.05, 4.69) is 17.2 Å². The van der Waals surface area contributed by atoms with Crippen molar-refractivity contribution in [2.24, 2.45) is 5.92 Å². The molecule has 3 atom stereocenters. The molecule has 3 N–H and O–H groups in total. The second-order valence-electron chi connectivity index (χ2n) is 6.08. The summed E-state index contributed by atoms with van der Waals surface area (Å²) in [5.74, 6) is -0.695. The first-order chi connectivity index (χ1) is 11.5.